The number of aromatic nitrogens is 3. The van der Waals surface area contributed by atoms with Crippen molar-refractivity contribution < 1.29 is 127 Å². The van der Waals surface area contributed by atoms with Gasteiger partial charge in [-0.05, 0) is 43.0 Å². The maximum Gasteiger partial charge on any atom is 0.313 e. The van der Waals surface area contributed by atoms with Gasteiger partial charge in [0.2, 0.25) is 23.3 Å². The minimum Gasteiger partial charge on any atom is -0.420 e. The van der Waals surface area contributed by atoms with Crippen LogP contribution in [-0.4, -0.2) is 310 Å². The van der Waals surface area contributed by atoms with E-state index in [9.17, 15) is 27.2 Å². The first kappa shape index (κ1) is 96.1. The highest BCUT2D eigenvalue weighted by Gasteiger charge is 2.23. The van der Waals surface area contributed by atoms with Crippen molar-refractivity contribution in [1.29, 1.82) is 0 Å². The average molecular weight is 1600 g/mol. The molecule has 0 aliphatic heterocycles. The summed E-state index contributed by atoms with van der Waals surface area (Å²) in [5.74, 6) is -7.63. The summed E-state index contributed by atoms with van der Waals surface area (Å²) in [7, 11) is 1.64. The van der Waals surface area contributed by atoms with E-state index in [0.29, 0.717) is 256 Å². The normalized spacial score (nSPS) is 11.8. The number of esters is 1. The zero-order valence-corrected chi connectivity index (χ0v) is 65.3. The van der Waals surface area contributed by atoms with Crippen molar-refractivity contribution >= 4 is 51.3 Å². The number of nitrogens with two attached hydrogens (primary N) is 1. The number of amides is 1. The molecule has 112 heavy (non-hydrogen) atoms. The summed E-state index contributed by atoms with van der Waals surface area (Å²) in [6.45, 7) is 19.8. The number of ether oxygens (including phenoxy) is 21. The van der Waals surface area contributed by atoms with Crippen molar-refractivity contribution in [3.05, 3.63) is 89.3 Å². The van der Waals surface area contributed by atoms with Crippen molar-refractivity contribution in [1.82, 2.24) is 25.2 Å². The zero-order valence-electron chi connectivity index (χ0n) is 65.3. The van der Waals surface area contributed by atoms with Crippen LogP contribution in [0.15, 0.2) is 59.6 Å². The minimum atomic E-state index is -1.80. The van der Waals surface area contributed by atoms with E-state index in [1.54, 1.807) is 7.11 Å². The number of aliphatic imine (C=N–C) groups is 1. The van der Waals surface area contributed by atoms with Crippen molar-refractivity contribution in [3.63, 3.8) is 0 Å². The molecular weight excluding hydrogens is 1480 g/mol. The Labute approximate surface area is 654 Å². The van der Waals surface area contributed by atoms with E-state index in [-0.39, 0.29) is 51.4 Å². The van der Waals surface area contributed by atoms with Gasteiger partial charge in [0.1, 0.15) is 11.3 Å². The molecule has 35 heteroatoms. The van der Waals surface area contributed by atoms with Crippen LogP contribution < -0.4 is 26.4 Å². The molecule has 0 fully saturated rings. The number of carbonyl (C=O) groups is 2. The highest BCUT2D eigenvalue weighted by Crippen LogP contribution is 2.30. The fraction of sp³-hybridized carbons (Fsp3) is 0.675. The molecule has 634 valence electrons. The monoisotopic (exact) mass is 1600 g/mol. The van der Waals surface area contributed by atoms with E-state index in [1.165, 1.54) is 0 Å². The van der Waals surface area contributed by atoms with Crippen LogP contribution >= 0.6 is 0 Å². The summed E-state index contributed by atoms with van der Waals surface area (Å²) in [5.41, 5.74) is 10.8. The van der Waals surface area contributed by atoms with Gasteiger partial charge in [0.15, 0.2) is 23.4 Å². The minimum absolute atomic E-state index is 0.0163. The molecule has 5 N–H and O–H groups in total. The number of hydrogen-bond acceptors (Lipinski definition) is 27. The zero-order chi connectivity index (χ0) is 79.6. The number of carbonyl (C=O) groups excluding carboxylic acids is 2. The Morgan fingerprint density at radius 1 is 0.464 bits per heavy atom. The van der Waals surface area contributed by atoms with E-state index < -0.39 is 41.4 Å². The molecule has 0 saturated heterocycles. The number of methoxy groups -OCH3 is 1. The third kappa shape index (κ3) is 45.5. The number of halogens is 4. The first-order chi connectivity index (χ1) is 55.1. The van der Waals surface area contributed by atoms with Crippen molar-refractivity contribution in [2.24, 2.45) is 4.99 Å². The number of rotatable bonds is 75. The Balaban J connectivity index is 0.841. The fourth-order valence-corrected chi connectivity index (χ4v) is 10.0. The Hall–Kier alpha value is -6.53. The highest BCUT2D eigenvalue weighted by molar-refractivity contribution is 6.06. The summed E-state index contributed by atoms with van der Waals surface area (Å²) in [6, 6.07) is 15.9. The van der Waals surface area contributed by atoms with Crippen molar-refractivity contribution in [2.45, 2.75) is 65.0 Å². The number of anilines is 2. The molecule has 5 aromatic rings. The molecule has 0 bridgehead atoms. The van der Waals surface area contributed by atoms with Gasteiger partial charge in [-0.25, -0.2) is 18.7 Å². The summed E-state index contributed by atoms with van der Waals surface area (Å²) < 4.78 is 171. The van der Waals surface area contributed by atoms with Crippen LogP contribution in [0.25, 0.3) is 21.9 Å². The topological polar surface area (TPSA) is 333 Å². The first-order valence-corrected chi connectivity index (χ1v) is 38.5. The predicted molar refractivity (Wildman–Crippen MR) is 408 cm³/mol. The third-order valence-electron chi connectivity index (χ3n) is 15.7. The number of nitrogens with one attached hydrogen (secondary N) is 3. The number of pyridine rings is 1. The average Bonchev–Trinajstić information content (AvgIpc) is 1.60. The maximum absolute atomic E-state index is 13.7. The predicted octanol–water partition coefficient (Wildman–Crippen LogP) is 6.87. The standard InChI is InChI=1S/C77H120F4N8O23/c1-3-4-14-68-88-73-74(64-12-5-6-13-67(64)87-76(73)82)89(68)19-8-7-17-83-77(86-63-11-9-10-62(59-63)61-85-69(90)15-20-93-25-28-97-33-36-101-41-44-105-49-52-109-56-55-108-48-47-104-40-39-100-32-31-96-24-23-92-2)84-18-22-95-27-30-99-35-38-103-43-46-107-51-54-111-58-57-110-53-50-106-45-42-102-37-34-98-29-26-94-21-16-70(91)112-75-71(80)65(78)60-66(79)72(75)81/h5-6,9-13,59-60H,3-4,7-8,14-58,61H2,1-2H3,(H2,82,87)(H,85,90)(H2,83,84,86). The number of nitrogen functional groups attached to an aromatic ring is 1. The van der Waals surface area contributed by atoms with E-state index in [4.69, 9.17) is 110 Å². The van der Waals surface area contributed by atoms with Gasteiger partial charge in [-0.15, -0.1) is 0 Å². The number of guanidine groups is 1. The lowest BCUT2D eigenvalue weighted by Crippen LogP contribution is -2.34. The van der Waals surface area contributed by atoms with Crippen LogP contribution in [0.4, 0.5) is 29.1 Å². The molecule has 5 rings (SSSR count). The quantitative estimate of drug-likeness (QED) is 0.00587. The summed E-state index contributed by atoms with van der Waals surface area (Å²) in [5, 5.41) is 10.9. The second kappa shape index (κ2) is 65.7. The Morgan fingerprint density at radius 2 is 0.884 bits per heavy atom. The van der Waals surface area contributed by atoms with Crippen LogP contribution in [-0.2, 0) is 124 Å². The largest absolute Gasteiger partial charge is 0.420 e. The number of imidazole rings is 1. The second-order valence-corrected chi connectivity index (χ2v) is 24.4. The number of aryl methyl sites for hydroxylation is 2. The number of unbranched alkanes of at least 4 members (excludes halogenated alkanes) is 2. The summed E-state index contributed by atoms with van der Waals surface area (Å²) >= 11 is 0. The van der Waals surface area contributed by atoms with Crippen LogP contribution in [0, 0.1) is 23.3 Å². The Kier molecular flexibility index (Phi) is 56.4. The molecule has 3 aromatic carbocycles. The SMILES string of the molecule is CCCCc1nc2c(N)nc3ccccc3c2n1CCCCN=C(NCCOCCOCCOCCOCCOCCOCCOCCOCCOCCOCCC(=O)Oc1c(F)c(F)cc(F)c1F)Nc1cccc(CNC(=O)CCOCCOCCOCCOCCOCCOCCOCCOCCOCCOC)c1. The van der Waals surface area contributed by atoms with Crippen LogP contribution in [0.5, 0.6) is 5.75 Å². The number of nitrogens with zero attached hydrogens (tertiary/aromatic N) is 4. The molecule has 0 saturated carbocycles. The smallest absolute Gasteiger partial charge is 0.313 e. The molecule has 31 nitrogen and oxygen atoms in total. The fourth-order valence-electron chi connectivity index (χ4n) is 10.0. The van der Waals surface area contributed by atoms with E-state index in [2.05, 4.69) is 43.2 Å². The number of para-hydroxylation sites is 1. The molecule has 2 aromatic heterocycles. The van der Waals surface area contributed by atoms with Crippen molar-refractivity contribution in [2.75, 3.05) is 289 Å². The van der Waals surface area contributed by atoms with Gasteiger partial charge in [0, 0.05) is 63.3 Å². The third-order valence-corrected chi connectivity index (χ3v) is 15.7. The molecule has 0 radical (unpaired) electrons. The summed E-state index contributed by atoms with van der Waals surface area (Å²) in [6.07, 6.45) is 4.37. The number of hydrogen-bond donors (Lipinski definition) is 4. The molecular formula is C77H120F4N8O23. The van der Waals surface area contributed by atoms with Crippen molar-refractivity contribution in [3.8, 4) is 5.75 Å². The van der Waals surface area contributed by atoms with E-state index in [0.717, 1.165) is 77.7 Å². The first-order valence-electron chi connectivity index (χ1n) is 38.5. The van der Waals surface area contributed by atoms with Gasteiger partial charge < -0.3 is 126 Å². The van der Waals surface area contributed by atoms with Crippen LogP contribution in [0.1, 0.15) is 56.8 Å². The highest BCUT2D eigenvalue weighted by atomic mass is 19.2. The lowest BCUT2D eigenvalue weighted by Gasteiger charge is -2.14. The van der Waals surface area contributed by atoms with E-state index in [1.807, 2.05) is 42.5 Å². The Morgan fingerprint density at radius 3 is 1.33 bits per heavy atom. The van der Waals surface area contributed by atoms with Gasteiger partial charge in [-0.2, -0.15) is 8.78 Å². The van der Waals surface area contributed by atoms with Gasteiger partial charge in [-0.1, -0.05) is 43.7 Å². The molecule has 1 amide bonds. The van der Waals surface area contributed by atoms with Crippen LogP contribution in [0.2, 0.25) is 0 Å². The van der Waals surface area contributed by atoms with Gasteiger partial charge in [0.05, 0.1) is 275 Å². The lowest BCUT2D eigenvalue weighted by molar-refractivity contribution is -0.136. The summed E-state index contributed by atoms with van der Waals surface area (Å²) in [4.78, 5) is 39.2. The second-order valence-electron chi connectivity index (χ2n) is 24.4. The number of fused-ring (bicyclic) bond motifs is 3. The molecule has 0 aliphatic carbocycles. The molecule has 0 spiro atoms. The molecule has 2 heterocycles. The van der Waals surface area contributed by atoms with Gasteiger partial charge >= 0.3 is 5.97 Å². The van der Waals surface area contributed by atoms with E-state index >= 15 is 0 Å². The van der Waals surface area contributed by atoms with Gasteiger partial charge in [-0.3, -0.25) is 14.6 Å². The molecule has 0 unspecified atom stereocenters. The molecule has 0 aliphatic rings. The molecule has 0 atom stereocenters. The Bertz CT molecular complexity index is 3220. The lowest BCUT2D eigenvalue weighted by atomic mass is 10.2. The van der Waals surface area contributed by atoms with Crippen LogP contribution in [0.3, 0.4) is 0 Å². The van der Waals surface area contributed by atoms with Gasteiger partial charge in [0.25, 0.3) is 0 Å². The maximum atomic E-state index is 13.7. The number of benzene rings is 3.